The molecule has 0 aliphatic heterocycles. The molecule has 0 saturated heterocycles. The number of nitro groups is 1. The van der Waals surface area contributed by atoms with Crippen LogP contribution in [0.5, 0.6) is 0 Å². The molecule has 9 heteroatoms. The number of aryl methyl sites for hydroxylation is 1. The van der Waals surface area contributed by atoms with Crippen molar-refractivity contribution in [2.24, 2.45) is 5.10 Å². The van der Waals surface area contributed by atoms with Crippen molar-refractivity contribution in [1.82, 2.24) is 10.2 Å². The number of carbonyl (C=O) groups excluding carboxylic acids is 1. The topological polar surface area (TPSA) is 123 Å². The summed E-state index contributed by atoms with van der Waals surface area (Å²) in [4.78, 5) is 21.9. The monoisotopic (exact) mass is 317 g/mol. The van der Waals surface area contributed by atoms with E-state index in [0.29, 0.717) is 11.3 Å². The molecule has 2 rings (SSSR count). The van der Waals surface area contributed by atoms with E-state index in [9.17, 15) is 14.9 Å². The van der Waals surface area contributed by atoms with Crippen LogP contribution in [0.4, 0.5) is 11.5 Å². The van der Waals surface area contributed by atoms with Gasteiger partial charge in [-0.1, -0.05) is 0 Å². The third-order valence-electron chi connectivity index (χ3n) is 2.91. The second kappa shape index (κ2) is 7.16. The number of H-pyrrole nitrogens is 1. The van der Waals surface area contributed by atoms with Crippen LogP contribution in [-0.2, 0) is 4.74 Å². The minimum atomic E-state index is -0.494. The Kier molecular flexibility index (Phi) is 5.03. The van der Waals surface area contributed by atoms with E-state index in [1.54, 1.807) is 26.0 Å². The van der Waals surface area contributed by atoms with E-state index in [2.05, 4.69) is 20.7 Å². The summed E-state index contributed by atoms with van der Waals surface area (Å²) in [5, 5.41) is 21.2. The molecule has 23 heavy (non-hydrogen) atoms. The van der Waals surface area contributed by atoms with Crippen LogP contribution in [0.3, 0.4) is 0 Å². The minimum Gasteiger partial charge on any atom is -0.462 e. The van der Waals surface area contributed by atoms with Crippen molar-refractivity contribution in [2.45, 2.75) is 13.8 Å². The zero-order valence-corrected chi connectivity index (χ0v) is 12.6. The molecule has 2 aromatic rings. The van der Waals surface area contributed by atoms with Crippen molar-refractivity contribution in [3.05, 3.63) is 51.2 Å². The third kappa shape index (κ3) is 3.90. The summed E-state index contributed by atoms with van der Waals surface area (Å²) < 4.78 is 4.95. The number of ether oxygens (including phenoxy) is 1. The van der Waals surface area contributed by atoms with E-state index in [-0.39, 0.29) is 23.7 Å². The zero-order chi connectivity index (χ0) is 16.8. The van der Waals surface area contributed by atoms with E-state index in [1.807, 2.05) is 0 Å². The molecule has 0 amide bonds. The molecule has 120 valence electrons. The molecule has 0 bridgehead atoms. The predicted molar refractivity (Wildman–Crippen MR) is 83.6 cm³/mol. The highest BCUT2D eigenvalue weighted by Gasteiger charge is 2.18. The first-order chi connectivity index (χ1) is 11.0. The number of hydrazone groups is 1. The molecule has 0 spiro atoms. The Morgan fingerprint density at radius 3 is 2.78 bits per heavy atom. The Morgan fingerprint density at radius 2 is 2.17 bits per heavy atom. The Hall–Kier alpha value is -3.23. The number of nitro benzene ring substituents is 1. The van der Waals surface area contributed by atoms with Crippen LogP contribution < -0.4 is 5.43 Å². The van der Waals surface area contributed by atoms with Crippen LogP contribution in [0.15, 0.2) is 29.4 Å². The van der Waals surface area contributed by atoms with E-state index in [1.165, 1.54) is 18.3 Å². The molecule has 1 heterocycles. The van der Waals surface area contributed by atoms with E-state index >= 15 is 0 Å². The molecule has 0 unspecified atom stereocenters. The van der Waals surface area contributed by atoms with Crippen LogP contribution >= 0.6 is 0 Å². The highest BCUT2D eigenvalue weighted by Crippen LogP contribution is 2.17. The number of hydrogen-bond acceptors (Lipinski definition) is 7. The largest absolute Gasteiger partial charge is 0.462 e. The lowest BCUT2D eigenvalue weighted by Crippen LogP contribution is -2.08. The summed E-state index contributed by atoms with van der Waals surface area (Å²) >= 11 is 0. The second-order valence-electron chi connectivity index (χ2n) is 4.51. The lowest BCUT2D eigenvalue weighted by Gasteiger charge is -2.02. The SMILES string of the molecule is CCOC(=O)c1c(N/N=C/c2ccc([N+](=O)[O-])cc2)n[nH]c1C. The summed E-state index contributed by atoms with van der Waals surface area (Å²) in [6, 6.07) is 5.88. The van der Waals surface area contributed by atoms with Crippen LogP contribution in [0.25, 0.3) is 0 Å². The smallest absolute Gasteiger partial charge is 0.343 e. The molecule has 2 N–H and O–H groups in total. The molecule has 0 saturated carbocycles. The van der Waals surface area contributed by atoms with Crippen molar-refractivity contribution in [1.29, 1.82) is 0 Å². The second-order valence-corrected chi connectivity index (χ2v) is 4.51. The fourth-order valence-electron chi connectivity index (χ4n) is 1.81. The summed E-state index contributed by atoms with van der Waals surface area (Å²) in [5.41, 5.74) is 4.17. The van der Waals surface area contributed by atoms with Crippen LogP contribution in [0.1, 0.15) is 28.5 Å². The van der Waals surface area contributed by atoms with E-state index < -0.39 is 10.9 Å². The lowest BCUT2D eigenvalue weighted by molar-refractivity contribution is -0.384. The summed E-state index contributed by atoms with van der Waals surface area (Å²) in [5.74, 6) is -0.245. The number of non-ortho nitro benzene ring substituents is 1. The van der Waals surface area contributed by atoms with Crippen molar-refractivity contribution < 1.29 is 14.5 Å². The molecule has 0 aliphatic rings. The highest BCUT2D eigenvalue weighted by molar-refractivity contribution is 5.96. The van der Waals surface area contributed by atoms with Crippen LogP contribution in [-0.4, -0.2) is 33.9 Å². The van der Waals surface area contributed by atoms with Gasteiger partial charge in [0, 0.05) is 17.8 Å². The summed E-state index contributed by atoms with van der Waals surface area (Å²) in [7, 11) is 0. The van der Waals surface area contributed by atoms with Gasteiger partial charge in [-0.15, -0.1) is 0 Å². The maximum atomic E-state index is 11.8. The zero-order valence-electron chi connectivity index (χ0n) is 12.6. The minimum absolute atomic E-state index is 0.00244. The standard InChI is InChI=1S/C14H15N5O4/c1-3-23-14(20)12-9(2)16-18-13(12)17-15-8-10-4-6-11(7-5-10)19(21)22/h4-8H,3H2,1-2H3,(H2,16,17,18)/b15-8+. The van der Waals surface area contributed by atoms with Gasteiger partial charge in [0.05, 0.1) is 17.7 Å². The number of nitrogens with one attached hydrogen (secondary N) is 2. The number of nitrogens with zero attached hydrogens (tertiary/aromatic N) is 3. The molecule has 1 aromatic carbocycles. The van der Waals surface area contributed by atoms with Gasteiger partial charge in [-0.25, -0.2) is 4.79 Å². The molecule has 0 fully saturated rings. The lowest BCUT2D eigenvalue weighted by atomic mass is 10.2. The van der Waals surface area contributed by atoms with Gasteiger partial charge in [0.15, 0.2) is 5.82 Å². The summed E-state index contributed by atoms with van der Waals surface area (Å²) in [6.45, 7) is 3.67. The average Bonchev–Trinajstić information content (AvgIpc) is 2.89. The van der Waals surface area contributed by atoms with E-state index in [0.717, 1.165) is 0 Å². The fraction of sp³-hybridized carbons (Fsp3) is 0.214. The Bertz CT molecular complexity index is 736. The van der Waals surface area contributed by atoms with Gasteiger partial charge in [0.2, 0.25) is 0 Å². The van der Waals surface area contributed by atoms with Crippen LogP contribution in [0, 0.1) is 17.0 Å². The molecule has 1 aromatic heterocycles. The number of anilines is 1. The number of hydrogen-bond donors (Lipinski definition) is 2. The van der Waals surface area contributed by atoms with Crippen molar-refractivity contribution in [3.63, 3.8) is 0 Å². The van der Waals surface area contributed by atoms with Gasteiger partial charge in [-0.05, 0) is 31.5 Å². The number of rotatable bonds is 6. The maximum absolute atomic E-state index is 11.8. The molecule has 0 atom stereocenters. The number of esters is 1. The fourth-order valence-corrected chi connectivity index (χ4v) is 1.81. The van der Waals surface area contributed by atoms with Gasteiger partial charge in [-0.3, -0.25) is 20.6 Å². The van der Waals surface area contributed by atoms with Gasteiger partial charge < -0.3 is 4.74 Å². The van der Waals surface area contributed by atoms with Crippen LogP contribution in [0.2, 0.25) is 0 Å². The number of benzene rings is 1. The molecule has 0 aliphatic carbocycles. The molecule has 9 nitrogen and oxygen atoms in total. The quantitative estimate of drug-likeness (QED) is 0.364. The number of aromatic amines is 1. The predicted octanol–water partition coefficient (Wildman–Crippen LogP) is 2.25. The van der Waals surface area contributed by atoms with Crippen molar-refractivity contribution >= 4 is 23.7 Å². The first kappa shape index (κ1) is 16.1. The Balaban J connectivity index is 2.08. The van der Waals surface area contributed by atoms with Gasteiger partial charge in [0.1, 0.15) is 5.56 Å². The van der Waals surface area contributed by atoms with E-state index in [4.69, 9.17) is 4.74 Å². The number of carbonyl (C=O) groups is 1. The normalized spacial score (nSPS) is 10.7. The van der Waals surface area contributed by atoms with Gasteiger partial charge in [-0.2, -0.15) is 10.2 Å². The van der Waals surface area contributed by atoms with Gasteiger partial charge in [0.25, 0.3) is 5.69 Å². The highest BCUT2D eigenvalue weighted by atomic mass is 16.6. The molecular weight excluding hydrogens is 302 g/mol. The summed E-state index contributed by atoms with van der Waals surface area (Å²) in [6.07, 6.45) is 1.46. The first-order valence-corrected chi connectivity index (χ1v) is 6.78. The first-order valence-electron chi connectivity index (χ1n) is 6.78. The Morgan fingerprint density at radius 1 is 1.48 bits per heavy atom. The third-order valence-corrected chi connectivity index (χ3v) is 2.91. The average molecular weight is 317 g/mol. The van der Waals surface area contributed by atoms with Gasteiger partial charge >= 0.3 is 5.97 Å². The number of aromatic nitrogens is 2. The molecule has 0 radical (unpaired) electrons. The maximum Gasteiger partial charge on any atom is 0.343 e. The van der Waals surface area contributed by atoms with Crippen molar-refractivity contribution in [2.75, 3.05) is 12.0 Å². The van der Waals surface area contributed by atoms with Crippen molar-refractivity contribution in [3.8, 4) is 0 Å². The Labute approximate surface area is 131 Å². The molecular formula is C14H15N5O4.